The molecule has 0 saturated heterocycles. The number of methoxy groups -OCH3 is 1. The molecule has 0 N–H and O–H groups in total. The molecule has 1 atom stereocenters. The van der Waals surface area contributed by atoms with Gasteiger partial charge in [-0.05, 0) is 47.6 Å². The van der Waals surface area contributed by atoms with E-state index in [2.05, 4.69) is 50.2 Å². The Balaban J connectivity index is 2.01. The van der Waals surface area contributed by atoms with Crippen molar-refractivity contribution < 1.29 is 4.74 Å². The third-order valence-electron chi connectivity index (χ3n) is 3.79. The summed E-state index contributed by atoms with van der Waals surface area (Å²) in [5.74, 6) is 1.46. The maximum atomic E-state index is 5.19. The molecule has 0 saturated carbocycles. The summed E-state index contributed by atoms with van der Waals surface area (Å²) in [4.78, 5) is 0. The van der Waals surface area contributed by atoms with Crippen LogP contribution in [0.5, 0.6) is 5.75 Å². The molecule has 0 bridgehead atoms. The lowest BCUT2D eigenvalue weighted by molar-refractivity contribution is 0.414. The summed E-state index contributed by atoms with van der Waals surface area (Å²) in [6.45, 7) is 4.51. The molecule has 2 rings (SSSR count). The maximum absolute atomic E-state index is 5.19. The van der Waals surface area contributed by atoms with E-state index in [1.165, 1.54) is 29.5 Å². The van der Waals surface area contributed by atoms with Crippen LogP contribution >= 0.6 is 0 Å². The molecule has 1 heteroatoms. The lowest BCUT2D eigenvalue weighted by Crippen LogP contribution is -1.99. The molecule has 0 aromatic heterocycles. The van der Waals surface area contributed by atoms with Crippen LogP contribution in [0.4, 0.5) is 0 Å². The Morgan fingerprint density at radius 3 is 2.05 bits per heavy atom. The third kappa shape index (κ3) is 3.86. The van der Waals surface area contributed by atoms with Gasteiger partial charge in [0.1, 0.15) is 5.75 Å². The van der Waals surface area contributed by atoms with Crippen molar-refractivity contribution in [3.05, 3.63) is 65.2 Å². The fourth-order valence-corrected chi connectivity index (χ4v) is 2.53. The summed E-state index contributed by atoms with van der Waals surface area (Å²) in [5, 5.41) is 0. The molecule has 106 valence electrons. The number of hydrogen-bond acceptors (Lipinski definition) is 1. The molecule has 0 spiro atoms. The highest BCUT2D eigenvalue weighted by Gasteiger charge is 2.07. The highest BCUT2D eigenvalue weighted by Crippen LogP contribution is 2.22. The van der Waals surface area contributed by atoms with Gasteiger partial charge in [-0.3, -0.25) is 0 Å². The van der Waals surface area contributed by atoms with Gasteiger partial charge in [0.05, 0.1) is 7.11 Å². The number of benzene rings is 2. The van der Waals surface area contributed by atoms with E-state index in [0.717, 1.165) is 12.2 Å². The maximum Gasteiger partial charge on any atom is 0.118 e. The zero-order chi connectivity index (χ0) is 14.4. The summed E-state index contributed by atoms with van der Waals surface area (Å²) < 4.78 is 5.19. The van der Waals surface area contributed by atoms with E-state index >= 15 is 0 Å². The molecular formula is C19H24O. The Bertz CT molecular complexity index is 510. The topological polar surface area (TPSA) is 9.23 Å². The Morgan fingerprint density at radius 2 is 1.50 bits per heavy atom. The molecule has 2 aromatic rings. The molecule has 0 heterocycles. The van der Waals surface area contributed by atoms with Gasteiger partial charge in [-0.1, -0.05) is 56.7 Å². The molecule has 0 aliphatic rings. The Labute approximate surface area is 122 Å². The normalized spacial score (nSPS) is 12.2. The van der Waals surface area contributed by atoms with Crippen molar-refractivity contribution in [2.24, 2.45) is 0 Å². The van der Waals surface area contributed by atoms with Gasteiger partial charge in [0.25, 0.3) is 0 Å². The molecule has 0 amide bonds. The molecule has 1 unspecified atom stereocenters. The second kappa shape index (κ2) is 7.14. The first-order chi connectivity index (χ1) is 9.72. The van der Waals surface area contributed by atoms with E-state index in [-0.39, 0.29) is 0 Å². The van der Waals surface area contributed by atoms with Crippen LogP contribution in [0.3, 0.4) is 0 Å². The van der Waals surface area contributed by atoms with Crippen LogP contribution < -0.4 is 4.74 Å². The summed E-state index contributed by atoms with van der Waals surface area (Å²) in [5.41, 5.74) is 4.21. The van der Waals surface area contributed by atoms with Gasteiger partial charge < -0.3 is 4.74 Å². The molecule has 20 heavy (non-hydrogen) atoms. The van der Waals surface area contributed by atoms with Gasteiger partial charge in [-0.2, -0.15) is 0 Å². The zero-order valence-corrected chi connectivity index (χ0v) is 12.7. The predicted molar refractivity (Wildman–Crippen MR) is 85.6 cm³/mol. The molecule has 2 aromatic carbocycles. The van der Waals surface area contributed by atoms with E-state index < -0.39 is 0 Å². The lowest BCUT2D eigenvalue weighted by Gasteiger charge is -2.13. The average Bonchev–Trinajstić information content (AvgIpc) is 2.49. The quantitative estimate of drug-likeness (QED) is 0.717. The minimum absolute atomic E-state index is 0.541. The van der Waals surface area contributed by atoms with Gasteiger partial charge in [-0.25, -0.2) is 0 Å². The summed E-state index contributed by atoms with van der Waals surface area (Å²) in [6, 6.07) is 17.5. The van der Waals surface area contributed by atoms with Crippen molar-refractivity contribution >= 4 is 0 Å². The minimum Gasteiger partial charge on any atom is -0.497 e. The Hall–Kier alpha value is -1.76. The average molecular weight is 268 g/mol. The second-order valence-corrected chi connectivity index (χ2v) is 5.44. The van der Waals surface area contributed by atoms with Crippen LogP contribution in [-0.2, 0) is 12.8 Å². The third-order valence-corrected chi connectivity index (χ3v) is 3.79. The molecule has 0 aliphatic heterocycles. The van der Waals surface area contributed by atoms with Gasteiger partial charge in [0.15, 0.2) is 0 Å². The minimum atomic E-state index is 0.541. The number of rotatable bonds is 6. The summed E-state index contributed by atoms with van der Waals surface area (Å²) >= 11 is 0. The van der Waals surface area contributed by atoms with Gasteiger partial charge >= 0.3 is 0 Å². The van der Waals surface area contributed by atoms with E-state index in [1.807, 2.05) is 12.1 Å². The zero-order valence-electron chi connectivity index (χ0n) is 12.7. The predicted octanol–water partition coefficient (Wildman–Crippen LogP) is 4.99. The van der Waals surface area contributed by atoms with Crippen LogP contribution in [0.25, 0.3) is 0 Å². The van der Waals surface area contributed by atoms with Crippen molar-refractivity contribution in [1.82, 2.24) is 0 Å². The first-order valence-electron chi connectivity index (χ1n) is 7.44. The first kappa shape index (κ1) is 14.6. The smallest absolute Gasteiger partial charge is 0.118 e. The van der Waals surface area contributed by atoms with Crippen molar-refractivity contribution in [1.29, 1.82) is 0 Å². The van der Waals surface area contributed by atoms with Gasteiger partial charge in [0.2, 0.25) is 0 Å². The van der Waals surface area contributed by atoms with Crippen LogP contribution in [0, 0.1) is 0 Å². The second-order valence-electron chi connectivity index (χ2n) is 5.44. The van der Waals surface area contributed by atoms with Gasteiger partial charge in [0, 0.05) is 0 Å². The highest BCUT2D eigenvalue weighted by atomic mass is 16.5. The molecule has 0 aliphatic carbocycles. The van der Waals surface area contributed by atoms with Crippen LogP contribution in [0.2, 0.25) is 0 Å². The number of aryl methyl sites for hydroxylation is 1. The lowest BCUT2D eigenvalue weighted by atomic mass is 9.93. The van der Waals surface area contributed by atoms with E-state index in [4.69, 9.17) is 4.74 Å². The standard InChI is InChI=1S/C19H24O/c1-4-5-16-6-10-18(11-7-16)15(2)14-17-8-12-19(20-3)13-9-17/h6-13,15H,4-5,14H2,1-3H3. The summed E-state index contributed by atoms with van der Waals surface area (Å²) in [7, 11) is 1.70. The largest absolute Gasteiger partial charge is 0.497 e. The van der Waals surface area contributed by atoms with Crippen LogP contribution in [0.1, 0.15) is 42.9 Å². The monoisotopic (exact) mass is 268 g/mol. The van der Waals surface area contributed by atoms with E-state index in [0.29, 0.717) is 5.92 Å². The summed E-state index contributed by atoms with van der Waals surface area (Å²) in [6.07, 6.45) is 3.45. The van der Waals surface area contributed by atoms with Crippen molar-refractivity contribution in [3.63, 3.8) is 0 Å². The number of hydrogen-bond donors (Lipinski definition) is 0. The SMILES string of the molecule is CCCc1ccc(C(C)Cc2ccc(OC)cc2)cc1. The Kier molecular flexibility index (Phi) is 5.23. The molecule has 1 nitrogen and oxygen atoms in total. The van der Waals surface area contributed by atoms with Gasteiger partial charge in [-0.15, -0.1) is 0 Å². The number of ether oxygens (including phenoxy) is 1. The van der Waals surface area contributed by atoms with Crippen molar-refractivity contribution in [2.75, 3.05) is 7.11 Å². The molecule has 0 radical (unpaired) electrons. The van der Waals surface area contributed by atoms with Crippen LogP contribution in [0.15, 0.2) is 48.5 Å². The van der Waals surface area contributed by atoms with Crippen molar-refractivity contribution in [2.45, 2.75) is 39.0 Å². The fourth-order valence-electron chi connectivity index (χ4n) is 2.53. The van der Waals surface area contributed by atoms with E-state index in [1.54, 1.807) is 7.11 Å². The van der Waals surface area contributed by atoms with Crippen LogP contribution in [-0.4, -0.2) is 7.11 Å². The molecular weight excluding hydrogens is 244 g/mol. The fraction of sp³-hybridized carbons (Fsp3) is 0.368. The van der Waals surface area contributed by atoms with Crippen molar-refractivity contribution in [3.8, 4) is 5.75 Å². The van der Waals surface area contributed by atoms with E-state index in [9.17, 15) is 0 Å². The molecule has 0 fully saturated rings. The Morgan fingerprint density at radius 1 is 0.900 bits per heavy atom. The first-order valence-corrected chi connectivity index (χ1v) is 7.44. The highest BCUT2D eigenvalue weighted by molar-refractivity contribution is 5.30.